The number of carbonyl (C=O) groups excluding carboxylic acids is 2. The number of hydrogen-bond donors (Lipinski definition) is 1. The first kappa shape index (κ1) is 15.8. The number of rotatable bonds is 2. The van der Waals surface area contributed by atoms with Gasteiger partial charge in [-0.3, -0.25) is 9.59 Å². The lowest BCUT2D eigenvalue weighted by Crippen LogP contribution is -2.31. The van der Waals surface area contributed by atoms with Crippen LogP contribution in [0.3, 0.4) is 0 Å². The Morgan fingerprint density at radius 1 is 0.833 bits per heavy atom. The third-order valence-corrected chi connectivity index (χ3v) is 3.57. The third kappa shape index (κ3) is 2.54. The predicted octanol–water partition coefficient (Wildman–Crippen LogP) is 3.55. The van der Waals surface area contributed by atoms with Crippen molar-refractivity contribution < 1.29 is 27.9 Å². The summed E-state index contributed by atoms with van der Waals surface area (Å²) in [7, 11) is 0. The smallest absolute Gasteiger partial charge is 0.416 e. The number of hydrogen-bond acceptors (Lipinski definition) is 3. The summed E-state index contributed by atoms with van der Waals surface area (Å²) in [6.45, 7) is 0. The molecule has 2 aromatic carbocycles. The molecule has 4 nitrogen and oxygen atoms in total. The second-order valence-electron chi connectivity index (χ2n) is 5.08. The summed E-state index contributed by atoms with van der Waals surface area (Å²) < 4.78 is 37.8. The molecule has 0 atom stereocenters. The van der Waals surface area contributed by atoms with Gasteiger partial charge in [0, 0.05) is 0 Å². The van der Waals surface area contributed by atoms with Gasteiger partial charge in [0.25, 0.3) is 5.91 Å². The normalized spacial score (nSPS) is 15.4. The van der Waals surface area contributed by atoms with Crippen molar-refractivity contribution in [3.8, 4) is 0 Å². The van der Waals surface area contributed by atoms with E-state index in [0.717, 1.165) is 24.3 Å². The average molecular weight is 333 g/mol. The number of aliphatic hydroxyl groups is 1. The van der Waals surface area contributed by atoms with Crippen LogP contribution in [0.2, 0.25) is 0 Å². The summed E-state index contributed by atoms with van der Waals surface area (Å²) in [6, 6.07) is 11.6. The molecule has 0 spiro atoms. The Hall–Kier alpha value is -3.09. The van der Waals surface area contributed by atoms with Gasteiger partial charge >= 0.3 is 12.1 Å². The van der Waals surface area contributed by atoms with Crippen LogP contribution in [0.1, 0.15) is 11.1 Å². The molecule has 0 radical (unpaired) electrons. The first-order valence-electron chi connectivity index (χ1n) is 6.85. The highest BCUT2D eigenvalue weighted by molar-refractivity contribution is 6.44. The van der Waals surface area contributed by atoms with Crippen molar-refractivity contribution >= 4 is 23.1 Å². The van der Waals surface area contributed by atoms with Crippen LogP contribution in [0.4, 0.5) is 18.9 Å². The number of carbonyl (C=O) groups is 2. The molecule has 0 fully saturated rings. The molecule has 0 aromatic heterocycles. The molecule has 0 saturated carbocycles. The molecule has 1 N–H and O–H groups in total. The van der Waals surface area contributed by atoms with E-state index in [-0.39, 0.29) is 11.3 Å². The quantitative estimate of drug-likeness (QED) is 0.855. The van der Waals surface area contributed by atoms with E-state index in [4.69, 9.17) is 0 Å². The van der Waals surface area contributed by atoms with Gasteiger partial charge in [-0.2, -0.15) is 13.2 Å². The fourth-order valence-electron chi connectivity index (χ4n) is 2.42. The van der Waals surface area contributed by atoms with Crippen LogP contribution in [0.5, 0.6) is 0 Å². The van der Waals surface area contributed by atoms with Crippen molar-refractivity contribution in [2.45, 2.75) is 6.18 Å². The molecule has 3 rings (SSSR count). The molecule has 24 heavy (non-hydrogen) atoms. The number of halogens is 3. The number of aliphatic hydroxyl groups excluding tert-OH is 1. The minimum atomic E-state index is -4.52. The van der Waals surface area contributed by atoms with Crippen LogP contribution in [0.25, 0.3) is 5.57 Å². The zero-order valence-electron chi connectivity index (χ0n) is 12.0. The fourth-order valence-corrected chi connectivity index (χ4v) is 2.42. The van der Waals surface area contributed by atoms with E-state index in [1.54, 1.807) is 30.3 Å². The minimum Gasteiger partial charge on any atom is -0.502 e. The van der Waals surface area contributed by atoms with E-state index in [1.165, 1.54) is 0 Å². The molecule has 0 saturated heterocycles. The van der Waals surface area contributed by atoms with Gasteiger partial charge in [0.2, 0.25) is 0 Å². The number of benzene rings is 2. The monoisotopic (exact) mass is 333 g/mol. The Bertz CT molecular complexity index is 840. The van der Waals surface area contributed by atoms with Crippen molar-refractivity contribution in [3.63, 3.8) is 0 Å². The molecule has 1 heterocycles. The lowest BCUT2D eigenvalue weighted by molar-refractivity contribution is -0.137. The number of amides is 2. The van der Waals surface area contributed by atoms with Crippen LogP contribution < -0.4 is 4.90 Å². The SMILES string of the molecule is O=C1C(O)=C(c2ccccc2)C(=O)N1c1ccc(C(F)(F)F)cc1. The maximum atomic E-state index is 12.6. The van der Waals surface area contributed by atoms with Crippen molar-refractivity contribution in [3.05, 3.63) is 71.5 Å². The van der Waals surface area contributed by atoms with E-state index in [1.807, 2.05) is 0 Å². The highest BCUT2D eigenvalue weighted by Gasteiger charge is 2.40. The third-order valence-electron chi connectivity index (χ3n) is 3.57. The number of anilines is 1. The van der Waals surface area contributed by atoms with Gasteiger partial charge in [-0.25, -0.2) is 4.90 Å². The van der Waals surface area contributed by atoms with E-state index >= 15 is 0 Å². The molecule has 0 unspecified atom stereocenters. The topological polar surface area (TPSA) is 57.6 Å². The van der Waals surface area contributed by atoms with Crippen LogP contribution in [0, 0.1) is 0 Å². The van der Waals surface area contributed by atoms with Gasteiger partial charge in [0.15, 0.2) is 5.76 Å². The lowest BCUT2D eigenvalue weighted by atomic mass is 10.1. The molecule has 0 aliphatic carbocycles. The molecule has 122 valence electrons. The molecule has 2 aromatic rings. The van der Waals surface area contributed by atoms with Crippen molar-refractivity contribution in [2.75, 3.05) is 4.90 Å². The second kappa shape index (κ2) is 5.52. The summed E-state index contributed by atoms with van der Waals surface area (Å²) in [5, 5.41) is 9.98. The fraction of sp³-hybridized carbons (Fsp3) is 0.0588. The first-order valence-corrected chi connectivity index (χ1v) is 6.85. The Labute approximate surface area is 134 Å². The second-order valence-corrected chi connectivity index (χ2v) is 5.08. The number of alkyl halides is 3. The maximum absolute atomic E-state index is 12.6. The summed E-state index contributed by atoms with van der Waals surface area (Å²) >= 11 is 0. The summed E-state index contributed by atoms with van der Waals surface area (Å²) in [6.07, 6.45) is -4.52. The molecule has 0 bridgehead atoms. The highest BCUT2D eigenvalue weighted by Crippen LogP contribution is 2.34. The van der Waals surface area contributed by atoms with Gasteiger partial charge in [0.1, 0.15) is 0 Å². The number of nitrogens with zero attached hydrogens (tertiary/aromatic N) is 1. The molecular formula is C17H10F3NO3. The van der Waals surface area contributed by atoms with E-state index in [0.29, 0.717) is 10.5 Å². The average Bonchev–Trinajstić information content (AvgIpc) is 2.77. The van der Waals surface area contributed by atoms with Gasteiger partial charge in [0.05, 0.1) is 16.8 Å². The summed E-state index contributed by atoms with van der Waals surface area (Å²) in [5.74, 6) is -2.49. The van der Waals surface area contributed by atoms with Gasteiger partial charge < -0.3 is 5.11 Å². The van der Waals surface area contributed by atoms with Crippen molar-refractivity contribution in [2.24, 2.45) is 0 Å². The standard InChI is InChI=1S/C17H10F3NO3/c18-17(19,20)11-6-8-12(9-7-11)21-15(23)13(14(22)16(21)24)10-4-2-1-3-5-10/h1-9,22H. The zero-order valence-corrected chi connectivity index (χ0v) is 12.0. The molecule has 2 amide bonds. The van der Waals surface area contributed by atoms with Crippen LogP contribution in [-0.2, 0) is 15.8 Å². The molecule has 1 aliphatic heterocycles. The molecular weight excluding hydrogens is 323 g/mol. The zero-order chi connectivity index (χ0) is 17.5. The van der Waals surface area contributed by atoms with Gasteiger partial charge in [-0.05, 0) is 29.8 Å². The minimum absolute atomic E-state index is 0.0459. The Morgan fingerprint density at radius 2 is 1.42 bits per heavy atom. The highest BCUT2D eigenvalue weighted by atomic mass is 19.4. The number of imide groups is 1. The summed E-state index contributed by atoms with van der Waals surface area (Å²) in [5.41, 5.74) is -0.774. The largest absolute Gasteiger partial charge is 0.502 e. The summed E-state index contributed by atoms with van der Waals surface area (Å²) in [4.78, 5) is 25.3. The first-order chi connectivity index (χ1) is 11.3. The maximum Gasteiger partial charge on any atom is 0.416 e. The predicted molar refractivity (Wildman–Crippen MR) is 79.9 cm³/mol. The van der Waals surface area contributed by atoms with Gasteiger partial charge in [-0.1, -0.05) is 30.3 Å². The van der Waals surface area contributed by atoms with E-state index in [9.17, 15) is 27.9 Å². The van der Waals surface area contributed by atoms with Crippen molar-refractivity contribution in [1.29, 1.82) is 0 Å². The Kier molecular flexibility index (Phi) is 3.63. The van der Waals surface area contributed by atoms with Crippen LogP contribution in [-0.4, -0.2) is 16.9 Å². The Morgan fingerprint density at radius 3 is 1.96 bits per heavy atom. The Balaban J connectivity index is 1.98. The van der Waals surface area contributed by atoms with Crippen molar-refractivity contribution in [1.82, 2.24) is 0 Å². The van der Waals surface area contributed by atoms with Crippen LogP contribution in [0.15, 0.2) is 60.4 Å². The van der Waals surface area contributed by atoms with E-state index in [2.05, 4.69) is 0 Å². The molecule has 7 heteroatoms. The van der Waals surface area contributed by atoms with Gasteiger partial charge in [-0.15, -0.1) is 0 Å². The lowest BCUT2D eigenvalue weighted by Gasteiger charge is -2.15. The van der Waals surface area contributed by atoms with Crippen LogP contribution >= 0.6 is 0 Å². The van der Waals surface area contributed by atoms with E-state index < -0.39 is 29.3 Å². The molecule has 1 aliphatic rings.